The van der Waals surface area contributed by atoms with Gasteiger partial charge < -0.3 is 28.8 Å². The van der Waals surface area contributed by atoms with Crippen LogP contribution < -0.4 is 10.2 Å². The lowest BCUT2D eigenvalue weighted by Crippen LogP contribution is -2.45. The van der Waals surface area contributed by atoms with E-state index in [-0.39, 0.29) is 19.1 Å². The quantitative estimate of drug-likeness (QED) is 0.0272. The Kier molecular flexibility index (Phi) is 47.4. The van der Waals surface area contributed by atoms with Crippen LogP contribution in [-0.4, -0.2) is 68.5 Å². The topological polar surface area (TPSA) is 108 Å². The lowest BCUT2D eigenvalue weighted by molar-refractivity contribution is -0.870. The van der Waals surface area contributed by atoms with E-state index in [2.05, 4.69) is 79.9 Å². The second-order valence-electron chi connectivity index (χ2n) is 19.9. The van der Waals surface area contributed by atoms with Crippen molar-refractivity contribution in [3.8, 4) is 0 Å². The second kappa shape index (κ2) is 48.9. The minimum absolute atomic E-state index is 0.00392. The van der Waals surface area contributed by atoms with Crippen LogP contribution in [0.2, 0.25) is 0 Å². The molecule has 0 aliphatic heterocycles. The van der Waals surface area contributed by atoms with Crippen molar-refractivity contribution in [2.45, 2.75) is 251 Å². The van der Waals surface area contributed by atoms with Gasteiger partial charge in [-0.15, -0.1) is 0 Å². The highest BCUT2D eigenvalue weighted by molar-refractivity contribution is 7.45. The Morgan fingerprint density at radius 1 is 0.537 bits per heavy atom. The number of amides is 1. The van der Waals surface area contributed by atoms with Crippen LogP contribution in [0.3, 0.4) is 0 Å². The van der Waals surface area contributed by atoms with Crippen molar-refractivity contribution >= 4 is 13.7 Å². The number of phosphoric ester groups is 1. The molecule has 3 unspecified atom stereocenters. The summed E-state index contributed by atoms with van der Waals surface area (Å²) in [6.45, 7) is 4.54. The van der Waals surface area contributed by atoms with Crippen LogP contribution in [0, 0.1) is 0 Å². The molecule has 0 saturated carbocycles. The highest BCUT2D eigenvalue weighted by Crippen LogP contribution is 2.38. The minimum atomic E-state index is -4.60. The fraction of sp³-hybridized carbons (Fsp3) is 0.776. The molecular weight excluding hydrogens is 852 g/mol. The molecular formula is C58H107N2O6P. The minimum Gasteiger partial charge on any atom is -0.756 e. The molecule has 0 fully saturated rings. The van der Waals surface area contributed by atoms with Crippen LogP contribution >= 0.6 is 7.82 Å². The number of quaternary nitrogens is 1. The summed E-state index contributed by atoms with van der Waals surface area (Å²) in [4.78, 5) is 25.5. The first-order chi connectivity index (χ1) is 32.5. The average molecular weight is 959 g/mol. The summed E-state index contributed by atoms with van der Waals surface area (Å²) in [5.74, 6) is -0.202. The number of unbranched alkanes of at least 4 members (excludes halogenated alkanes) is 27. The van der Waals surface area contributed by atoms with E-state index in [0.717, 1.165) is 70.6 Å². The van der Waals surface area contributed by atoms with Crippen molar-refractivity contribution in [2.75, 3.05) is 40.9 Å². The molecule has 390 valence electrons. The summed E-state index contributed by atoms with van der Waals surface area (Å²) in [6.07, 6.45) is 66.7. The van der Waals surface area contributed by atoms with Gasteiger partial charge >= 0.3 is 0 Å². The molecule has 0 aliphatic carbocycles. The van der Waals surface area contributed by atoms with Gasteiger partial charge in [0.15, 0.2) is 0 Å². The zero-order valence-corrected chi connectivity index (χ0v) is 45.2. The Labute approximate surface area is 414 Å². The van der Waals surface area contributed by atoms with E-state index >= 15 is 0 Å². The predicted molar refractivity (Wildman–Crippen MR) is 288 cm³/mol. The molecule has 0 aromatic rings. The molecule has 8 nitrogen and oxygen atoms in total. The first-order valence-corrected chi connectivity index (χ1v) is 29.3. The van der Waals surface area contributed by atoms with Gasteiger partial charge in [-0.1, -0.05) is 241 Å². The van der Waals surface area contributed by atoms with Gasteiger partial charge in [0.05, 0.1) is 39.9 Å². The van der Waals surface area contributed by atoms with Crippen LogP contribution in [0.1, 0.15) is 239 Å². The summed E-state index contributed by atoms with van der Waals surface area (Å²) in [5.41, 5.74) is 0. The third-order valence-electron chi connectivity index (χ3n) is 12.2. The number of aliphatic hydroxyl groups excluding tert-OH is 1. The zero-order chi connectivity index (χ0) is 49.2. The van der Waals surface area contributed by atoms with Crippen molar-refractivity contribution in [1.82, 2.24) is 5.32 Å². The molecule has 1 amide bonds. The summed E-state index contributed by atoms with van der Waals surface area (Å²) < 4.78 is 23.3. The van der Waals surface area contributed by atoms with Crippen molar-refractivity contribution in [1.29, 1.82) is 0 Å². The largest absolute Gasteiger partial charge is 0.756 e. The monoisotopic (exact) mass is 959 g/mol. The Balaban J connectivity index is 4.24. The van der Waals surface area contributed by atoms with E-state index in [0.29, 0.717) is 17.4 Å². The van der Waals surface area contributed by atoms with Crippen LogP contribution in [0.4, 0.5) is 0 Å². The van der Waals surface area contributed by atoms with Crippen LogP contribution in [0.25, 0.3) is 0 Å². The number of carbonyl (C=O) groups excluding carboxylic acids is 1. The van der Waals surface area contributed by atoms with Crippen molar-refractivity contribution < 1.29 is 32.9 Å². The lowest BCUT2D eigenvalue weighted by Gasteiger charge is -2.29. The summed E-state index contributed by atoms with van der Waals surface area (Å²) in [5, 5.41) is 13.9. The molecule has 0 saturated heterocycles. The van der Waals surface area contributed by atoms with Gasteiger partial charge in [0.1, 0.15) is 13.2 Å². The summed E-state index contributed by atoms with van der Waals surface area (Å²) in [7, 11) is 1.26. The molecule has 0 aromatic carbocycles. The van der Waals surface area contributed by atoms with Gasteiger partial charge in [0.25, 0.3) is 7.82 Å². The van der Waals surface area contributed by atoms with Crippen molar-refractivity contribution in [3.63, 3.8) is 0 Å². The summed E-state index contributed by atoms with van der Waals surface area (Å²) in [6, 6.07) is -0.892. The van der Waals surface area contributed by atoms with Gasteiger partial charge in [0, 0.05) is 6.42 Å². The third kappa shape index (κ3) is 51.6. The number of likely N-dealkylation sites (N-methyl/N-ethyl adjacent to an activating group) is 1. The van der Waals surface area contributed by atoms with Gasteiger partial charge in [0.2, 0.25) is 5.91 Å². The number of hydrogen-bond acceptors (Lipinski definition) is 6. The lowest BCUT2D eigenvalue weighted by atomic mass is 10.0. The van der Waals surface area contributed by atoms with Crippen molar-refractivity contribution in [2.24, 2.45) is 0 Å². The normalized spacial score (nSPS) is 14.6. The zero-order valence-electron chi connectivity index (χ0n) is 44.3. The number of nitrogens with zero attached hydrogens (tertiary/aromatic N) is 1. The standard InChI is InChI=1S/C58H107N2O6P/c1-6-8-10-12-14-16-18-20-22-24-26-27-28-29-30-31-32-33-34-36-38-40-42-44-46-48-50-52-58(62)59-56(55-66-67(63,64)65-54-53-60(3,4)5)57(61)51-49-47-45-43-41-39-37-35-25-23-21-19-17-15-13-11-9-7-2/h8,10,14,16,20,22,26-27,29-30,49,51,56-57,61H,6-7,9,11-13,15,17-19,21,23-25,28,31-48,50,52-55H2,1-5H3,(H-,59,62,63,64)/b10-8-,16-14-,22-20-,27-26-,30-29-,51-49+. The van der Waals surface area contributed by atoms with Crippen LogP contribution in [-0.2, 0) is 18.4 Å². The Morgan fingerprint density at radius 3 is 1.33 bits per heavy atom. The van der Waals surface area contributed by atoms with E-state index in [4.69, 9.17) is 9.05 Å². The van der Waals surface area contributed by atoms with Crippen LogP contribution in [0.15, 0.2) is 72.9 Å². The number of allylic oxidation sites excluding steroid dienone is 11. The smallest absolute Gasteiger partial charge is 0.268 e. The van der Waals surface area contributed by atoms with Crippen molar-refractivity contribution in [3.05, 3.63) is 72.9 Å². The molecule has 2 N–H and O–H groups in total. The molecule has 0 aliphatic rings. The molecule has 0 radical (unpaired) electrons. The van der Waals surface area contributed by atoms with Gasteiger partial charge in [-0.2, -0.15) is 0 Å². The van der Waals surface area contributed by atoms with Crippen LogP contribution in [0.5, 0.6) is 0 Å². The highest BCUT2D eigenvalue weighted by atomic mass is 31.2. The number of nitrogens with one attached hydrogen (secondary N) is 1. The van der Waals surface area contributed by atoms with E-state index in [1.807, 2.05) is 27.2 Å². The molecule has 0 aromatic heterocycles. The highest BCUT2D eigenvalue weighted by Gasteiger charge is 2.23. The molecule has 67 heavy (non-hydrogen) atoms. The number of hydrogen-bond donors (Lipinski definition) is 2. The number of aliphatic hydroxyl groups is 1. The predicted octanol–water partition coefficient (Wildman–Crippen LogP) is 16.1. The molecule has 9 heteroatoms. The van der Waals surface area contributed by atoms with E-state index in [1.165, 1.54) is 148 Å². The molecule has 0 bridgehead atoms. The third-order valence-corrected chi connectivity index (χ3v) is 13.1. The van der Waals surface area contributed by atoms with E-state index in [1.54, 1.807) is 6.08 Å². The number of phosphoric acid groups is 1. The summed E-state index contributed by atoms with van der Waals surface area (Å²) >= 11 is 0. The fourth-order valence-corrected chi connectivity index (χ4v) is 8.55. The molecule has 3 atom stereocenters. The Hall–Kier alpha value is -2.06. The van der Waals surface area contributed by atoms with Gasteiger partial charge in [-0.25, -0.2) is 0 Å². The SMILES string of the molecule is CC/C=C\C/C=C\C/C=C\C/C=C\C/C=C\CCCCCCCCCCCCCC(=O)NC(COP(=O)([O-])OCC[N+](C)(C)C)C(O)/C=C/CCCCCCCCCCCCCCCCCC. The molecule has 0 spiro atoms. The fourth-order valence-electron chi connectivity index (χ4n) is 7.83. The van der Waals surface area contributed by atoms with E-state index < -0.39 is 20.0 Å². The van der Waals surface area contributed by atoms with Gasteiger partial charge in [-0.3, -0.25) is 9.36 Å². The Morgan fingerprint density at radius 2 is 0.910 bits per heavy atom. The first kappa shape index (κ1) is 64.9. The average Bonchev–Trinajstić information content (AvgIpc) is 3.29. The number of rotatable bonds is 50. The molecule has 0 heterocycles. The second-order valence-corrected chi connectivity index (χ2v) is 21.3. The maximum absolute atomic E-state index is 13.0. The molecule has 0 rings (SSSR count). The first-order valence-electron chi connectivity index (χ1n) is 27.8. The maximum atomic E-state index is 13.0. The Bertz CT molecular complexity index is 1320. The van der Waals surface area contributed by atoms with E-state index in [9.17, 15) is 19.4 Å². The number of carbonyl (C=O) groups is 1. The van der Waals surface area contributed by atoms with Gasteiger partial charge in [-0.05, 0) is 64.2 Å². The maximum Gasteiger partial charge on any atom is 0.268 e.